The quantitative estimate of drug-likeness (QED) is 0.577. The first-order chi connectivity index (χ1) is 9.63. The Labute approximate surface area is 120 Å². The van der Waals surface area contributed by atoms with Crippen molar-refractivity contribution in [1.29, 1.82) is 0 Å². The van der Waals surface area contributed by atoms with Crippen LogP contribution in [0.2, 0.25) is 0 Å². The molecule has 0 spiro atoms. The summed E-state index contributed by atoms with van der Waals surface area (Å²) in [5.41, 5.74) is 1.13. The lowest BCUT2D eigenvalue weighted by molar-refractivity contribution is -0.135. The third-order valence-electron chi connectivity index (χ3n) is 3.08. The van der Waals surface area contributed by atoms with Crippen LogP contribution in [0.5, 0.6) is 0 Å². The van der Waals surface area contributed by atoms with Crippen LogP contribution in [-0.4, -0.2) is 41.8 Å². The van der Waals surface area contributed by atoms with Crippen molar-refractivity contribution in [1.82, 2.24) is 15.2 Å². The van der Waals surface area contributed by atoms with Crippen molar-refractivity contribution in [2.24, 2.45) is 0 Å². The maximum Gasteiger partial charge on any atom is 0.231 e. The zero-order valence-corrected chi connectivity index (χ0v) is 12.3. The first-order valence-electron chi connectivity index (χ1n) is 7.03. The number of nitrogens with one attached hydrogen (secondary N) is 1. The molecule has 0 radical (unpaired) electrons. The molecule has 0 unspecified atom stereocenters. The molecule has 0 fully saturated rings. The molecule has 1 rings (SSSR count). The third kappa shape index (κ3) is 6.31. The van der Waals surface area contributed by atoms with E-state index in [0.29, 0.717) is 13.1 Å². The van der Waals surface area contributed by atoms with Gasteiger partial charge >= 0.3 is 0 Å². The fourth-order valence-electron chi connectivity index (χ4n) is 1.71. The number of pyridine rings is 1. The fourth-order valence-corrected chi connectivity index (χ4v) is 1.71. The predicted molar refractivity (Wildman–Crippen MR) is 78.1 cm³/mol. The van der Waals surface area contributed by atoms with Crippen LogP contribution in [0.4, 0.5) is 0 Å². The van der Waals surface area contributed by atoms with Gasteiger partial charge in [0, 0.05) is 32.5 Å². The molecule has 110 valence electrons. The molecular weight excluding hydrogens is 254 g/mol. The molecule has 0 bridgehead atoms. The normalized spacial score (nSPS) is 10.1. The van der Waals surface area contributed by atoms with Gasteiger partial charge in [0.15, 0.2) is 0 Å². The maximum absolute atomic E-state index is 11.9. The average Bonchev–Trinajstić information content (AvgIpc) is 2.46. The molecule has 0 aliphatic carbocycles. The van der Waals surface area contributed by atoms with Gasteiger partial charge in [-0.3, -0.25) is 14.6 Å². The highest BCUT2D eigenvalue weighted by molar-refractivity contribution is 5.96. The van der Waals surface area contributed by atoms with Crippen LogP contribution in [0.25, 0.3) is 0 Å². The Morgan fingerprint density at radius 1 is 1.30 bits per heavy atom. The van der Waals surface area contributed by atoms with Crippen LogP contribution >= 0.6 is 0 Å². The van der Waals surface area contributed by atoms with E-state index in [1.165, 1.54) is 0 Å². The minimum atomic E-state index is -0.195. The summed E-state index contributed by atoms with van der Waals surface area (Å²) in [7, 11) is 1.73. The number of amides is 2. The first-order valence-corrected chi connectivity index (χ1v) is 7.03. The first kappa shape index (κ1) is 16.1. The summed E-state index contributed by atoms with van der Waals surface area (Å²) in [4.78, 5) is 28.9. The highest BCUT2D eigenvalue weighted by atomic mass is 16.2. The Hall–Kier alpha value is -1.91. The van der Waals surface area contributed by atoms with E-state index >= 15 is 0 Å². The van der Waals surface area contributed by atoms with Gasteiger partial charge in [0.05, 0.1) is 0 Å². The van der Waals surface area contributed by atoms with Gasteiger partial charge in [-0.05, 0) is 30.5 Å². The van der Waals surface area contributed by atoms with Gasteiger partial charge in [0.2, 0.25) is 11.8 Å². The number of carbonyl (C=O) groups is 2. The summed E-state index contributed by atoms with van der Waals surface area (Å²) in [6, 6.07) is 3.85. The SMILES string of the molecule is CCCCNC(=O)CC(=O)N(C)CCc1ccncc1. The van der Waals surface area contributed by atoms with Crippen molar-refractivity contribution in [3.8, 4) is 0 Å². The molecule has 20 heavy (non-hydrogen) atoms. The van der Waals surface area contributed by atoms with Crippen LogP contribution in [-0.2, 0) is 16.0 Å². The Bertz CT molecular complexity index is 420. The van der Waals surface area contributed by atoms with Crippen molar-refractivity contribution >= 4 is 11.8 Å². The van der Waals surface area contributed by atoms with Gasteiger partial charge in [0.25, 0.3) is 0 Å². The van der Waals surface area contributed by atoms with E-state index in [-0.39, 0.29) is 18.2 Å². The second-order valence-corrected chi connectivity index (χ2v) is 4.80. The number of unbranched alkanes of at least 4 members (excludes halogenated alkanes) is 1. The van der Waals surface area contributed by atoms with E-state index in [2.05, 4.69) is 17.2 Å². The molecule has 0 aliphatic rings. The maximum atomic E-state index is 11.9. The van der Waals surface area contributed by atoms with E-state index in [1.54, 1.807) is 24.3 Å². The summed E-state index contributed by atoms with van der Waals surface area (Å²) in [6.45, 7) is 3.30. The van der Waals surface area contributed by atoms with Gasteiger partial charge in [-0.25, -0.2) is 0 Å². The minimum Gasteiger partial charge on any atom is -0.356 e. The highest BCUT2D eigenvalue weighted by Gasteiger charge is 2.13. The lowest BCUT2D eigenvalue weighted by Crippen LogP contribution is -2.34. The molecule has 1 aromatic rings. The smallest absolute Gasteiger partial charge is 0.231 e. The molecule has 1 N–H and O–H groups in total. The van der Waals surface area contributed by atoms with Gasteiger partial charge in [-0.2, -0.15) is 0 Å². The van der Waals surface area contributed by atoms with Crippen molar-refractivity contribution < 1.29 is 9.59 Å². The van der Waals surface area contributed by atoms with E-state index in [9.17, 15) is 9.59 Å². The number of hydrogen-bond donors (Lipinski definition) is 1. The number of hydrogen-bond acceptors (Lipinski definition) is 3. The molecular formula is C15H23N3O2. The third-order valence-corrected chi connectivity index (χ3v) is 3.08. The molecule has 5 heteroatoms. The van der Waals surface area contributed by atoms with Crippen LogP contribution in [0.15, 0.2) is 24.5 Å². The minimum absolute atomic E-state index is 0.0729. The molecule has 0 aromatic carbocycles. The molecule has 0 atom stereocenters. The lowest BCUT2D eigenvalue weighted by Gasteiger charge is -2.17. The van der Waals surface area contributed by atoms with Crippen molar-refractivity contribution in [3.63, 3.8) is 0 Å². The molecule has 0 saturated carbocycles. The predicted octanol–water partition coefficient (Wildman–Crippen LogP) is 1.39. The number of carbonyl (C=O) groups excluding carboxylic acids is 2. The van der Waals surface area contributed by atoms with Gasteiger partial charge in [-0.15, -0.1) is 0 Å². The Morgan fingerprint density at radius 2 is 2.00 bits per heavy atom. The monoisotopic (exact) mass is 277 g/mol. The molecule has 2 amide bonds. The summed E-state index contributed by atoms with van der Waals surface area (Å²) in [5, 5.41) is 2.75. The van der Waals surface area contributed by atoms with Crippen molar-refractivity contribution in [2.75, 3.05) is 20.1 Å². The van der Waals surface area contributed by atoms with Gasteiger partial charge in [-0.1, -0.05) is 13.3 Å². The van der Waals surface area contributed by atoms with E-state index in [0.717, 1.165) is 24.8 Å². The zero-order chi connectivity index (χ0) is 14.8. The molecule has 0 aliphatic heterocycles. The molecule has 1 heterocycles. The molecule has 0 saturated heterocycles. The second kappa shape index (κ2) is 9.07. The van der Waals surface area contributed by atoms with Gasteiger partial charge < -0.3 is 10.2 Å². The Balaban J connectivity index is 2.26. The summed E-state index contributed by atoms with van der Waals surface area (Å²) in [6.07, 6.45) is 6.13. The largest absolute Gasteiger partial charge is 0.356 e. The van der Waals surface area contributed by atoms with E-state index in [4.69, 9.17) is 0 Å². The summed E-state index contributed by atoms with van der Waals surface area (Å²) in [5.74, 6) is -0.340. The van der Waals surface area contributed by atoms with Gasteiger partial charge in [0.1, 0.15) is 6.42 Å². The number of nitrogens with zero attached hydrogens (tertiary/aromatic N) is 2. The van der Waals surface area contributed by atoms with Crippen molar-refractivity contribution in [2.45, 2.75) is 32.6 Å². The standard InChI is InChI=1S/C15H23N3O2/c1-3-4-8-17-14(19)12-15(20)18(2)11-7-13-5-9-16-10-6-13/h5-6,9-10H,3-4,7-8,11-12H2,1-2H3,(H,17,19). The second-order valence-electron chi connectivity index (χ2n) is 4.80. The topological polar surface area (TPSA) is 62.3 Å². The van der Waals surface area contributed by atoms with E-state index in [1.807, 2.05) is 12.1 Å². The number of likely N-dealkylation sites (N-methyl/N-ethyl adjacent to an activating group) is 1. The summed E-state index contributed by atoms with van der Waals surface area (Å²) >= 11 is 0. The van der Waals surface area contributed by atoms with Crippen LogP contribution in [0, 0.1) is 0 Å². The zero-order valence-electron chi connectivity index (χ0n) is 12.3. The van der Waals surface area contributed by atoms with Crippen molar-refractivity contribution in [3.05, 3.63) is 30.1 Å². The Morgan fingerprint density at radius 3 is 2.65 bits per heavy atom. The van der Waals surface area contributed by atoms with Crippen LogP contribution < -0.4 is 5.32 Å². The number of aromatic nitrogens is 1. The number of rotatable bonds is 8. The lowest BCUT2D eigenvalue weighted by atomic mass is 10.2. The fraction of sp³-hybridized carbons (Fsp3) is 0.533. The summed E-state index contributed by atoms with van der Waals surface area (Å²) < 4.78 is 0. The molecule has 1 aromatic heterocycles. The van der Waals surface area contributed by atoms with E-state index < -0.39 is 0 Å². The van der Waals surface area contributed by atoms with Crippen LogP contribution in [0.1, 0.15) is 31.7 Å². The van der Waals surface area contributed by atoms with Crippen LogP contribution in [0.3, 0.4) is 0 Å². The average molecular weight is 277 g/mol. The highest BCUT2D eigenvalue weighted by Crippen LogP contribution is 2.00. The Kier molecular flexibility index (Phi) is 7.32. The molecule has 5 nitrogen and oxygen atoms in total.